The maximum Gasteiger partial charge on any atom is 0.249 e. The largest absolute Gasteiger partial charge is 0.343 e. The van der Waals surface area contributed by atoms with Gasteiger partial charge in [0.25, 0.3) is 0 Å². The van der Waals surface area contributed by atoms with Crippen LogP contribution in [0.3, 0.4) is 0 Å². The van der Waals surface area contributed by atoms with E-state index in [2.05, 4.69) is 10.3 Å². The van der Waals surface area contributed by atoms with Crippen LogP contribution < -0.4 is 5.32 Å². The van der Waals surface area contributed by atoms with Gasteiger partial charge >= 0.3 is 0 Å². The van der Waals surface area contributed by atoms with E-state index in [0.717, 1.165) is 11.3 Å². The average Bonchev–Trinajstić information content (AvgIpc) is 2.73. The summed E-state index contributed by atoms with van der Waals surface area (Å²) in [5, 5.41) is 3.19. The van der Waals surface area contributed by atoms with Gasteiger partial charge < -0.3 is 4.90 Å². The summed E-state index contributed by atoms with van der Waals surface area (Å²) in [5.74, 6) is 0.118. The predicted octanol–water partition coefficient (Wildman–Crippen LogP) is 2.27. The highest BCUT2D eigenvalue weighted by Gasteiger charge is 2.37. The number of nitrogens with one attached hydrogen (secondary N) is 1. The number of fused-ring (bicyclic) bond motifs is 1. The summed E-state index contributed by atoms with van der Waals surface area (Å²) in [7, 11) is 0. The quantitative estimate of drug-likeness (QED) is 0.809. The zero-order valence-electron chi connectivity index (χ0n) is 10.6. The highest BCUT2D eigenvalue weighted by Crippen LogP contribution is 2.37. The van der Waals surface area contributed by atoms with Crippen molar-refractivity contribution in [1.82, 2.24) is 10.2 Å². The van der Waals surface area contributed by atoms with Gasteiger partial charge in [-0.25, -0.2) is 4.99 Å². The minimum Gasteiger partial charge on any atom is -0.343 e. The molecule has 2 aliphatic heterocycles. The van der Waals surface area contributed by atoms with Crippen molar-refractivity contribution >= 4 is 46.5 Å². The lowest BCUT2D eigenvalue weighted by molar-refractivity contribution is -0.125. The zero-order chi connectivity index (χ0) is 14.4. The van der Waals surface area contributed by atoms with Crippen LogP contribution in [-0.2, 0) is 16.1 Å². The van der Waals surface area contributed by atoms with Crippen molar-refractivity contribution in [2.45, 2.75) is 25.9 Å². The molecule has 1 N–H and O–H groups in total. The topological polar surface area (TPSA) is 61.8 Å². The number of amides is 2. The van der Waals surface area contributed by atoms with Crippen LogP contribution in [0, 0.1) is 0 Å². The number of benzene rings is 1. The van der Waals surface area contributed by atoms with E-state index in [0.29, 0.717) is 22.4 Å². The molecule has 1 aromatic carbocycles. The Bertz CT molecular complexity index is 657. The van der Waals surface area contributed by atoms with Crippen molar-refractivity contribution < 1.29 is 9.59 Å². The molecule has 3 rings (SSSR count). The lowest BCUT2D eigenvalue weighted by Crippen LogP contribution is -2.44. The van der Waals surface area contributed by atoms with Crippen LogP contribution in [0.2, 0.25) is 10.0 Å². The molecule has 1 saturated heterocycles. The first-order chi connectivity index (χ1) is 9.47. The number of halogens is 2. The molecule has 0 radical (unpaired) electrons. The Morgan fingerprint density at radius 2 is 2.10 bits per heavy atom. The van der Waals surface area contributed by atoms with Crippen LogP contribution in [-0.4, -0.2) is 28.6 Å². The van der Waals surface area contributed by atoms with Crippen LogP contribution in [0.4, 0.5) is 5.69 Å². The van der Waals surface area contributed by atoms with E-state index in [1.807, 2.05) is 6.92 Å². The SMILES string of the molecule is CC1=Nc2ccc(Cl)c(Cl)c2CN1C1CC(=O)NC1=O. The van der Waals surface area contributed by atoms with E-state index >= 15 is 0 Å². The van der Waals surface area contributed by atoms with E-state index in [4.69, 9.17) is 23.2 Å². The normalized spacial score (nSPS) is 21.6. The predicted molar refractivity (Wildman–Crippen MR) is 76.3 cm³/mol. The zero-order valence-corrected chi connectivity index (χ0v) is 12.1. The van der Waals surface area contributed by atoms with Gasteiger partial charge in [0.15, 0.2) is 0 Å². The molecular weight excluding hydrogens is 301 g/mol. The maximum atomic E-state index is 11.8. The minimum absolute atomic E-state index is 0.138. The van der Waals surface area contributed by atoms with Crippen LogP contribution in [0.5, 0.6) is 0 Å². The van der Waals surface area contributed by atoms with Gasteiger partial charge in [-0.15, -0.1) is 0 Å². The first-order valence-corrected chi connectivity index (χ1v) is 6.85. The summed E-state index contributed by atoms with van der Waals surface area (Å²) >= 11 is 12.2. The molecule has 2 amide bonds. The molecule has 1 aromatic rings. The monoisotopic (exact) mass is 311 g/mol. The smallest absolute Gasteiger partial charge is 0.249 e. The van der Waals surface area contributed by atoms with Crippen LogP contribution in [0.1, 0.15) is 18.9 Å². The molecule has 0 aromatic heterocycles. The molecule has 7 heteroatoms. The van der Waals surface area contributed by atoms with E-state index < -0.39 is 6.04 Å². The van der Waals surface area contributed by atoms with Gasteiger partial charge in [0.2, 0.25) is 11.8 Å². The first-order valence-electron chi connectivity index (χ1n) is 6.10. The lowest BCUT2D eigenvalue weighted by atomic mass is 10.1. The fourth-order valence-corrected chi connectivity index (χ4v) is 2.89. The second kappa shape index (κ2) is 4.75. The summed E-state index contributed by atoms with van der Waals surface area (Å²) in [5.41, 5.74) is 1.52. The Balaban J connectivity index is 2.00. The van der Waals surface area contributed by atoms with E-state index in [-0.39, 0.29) is 18.2 Å². The van der Waals surface area contributed by atoms with Crippen molar-refractivity contribution in [2.24, 2.45) is 4.99 Å². The Kier molecular flexibility index (Phi) is 3.18. The second-order valence-corrected chi connectivity index (χ2v) is 5.56. The number of imide groups is 1. The Morgan fingerprint density at radius 3 is 2.75 bits per heavy atom. The number of aliphatic imine (C=N–C) groups is 1. The fraction of sp³-hybridized carbons (Fsp3) is 0.308. The van der Waals surface area contributed by atoms with Gasteiger partial charge in [-0.1, -0.05) is 23.2 Å². The van der Waals surface area contributed by atoms with Crippen molar-refractivity contribution in [1.29, 1.82) is 0 Å². The third kappa shape index (κ3) is 2.07. The minimum atomic E-state index is -0.533. The van der Waals surface area contributed by atoms with Crippen molar-refractivity contribution in [2.75, 3.05) is 0 Å². The van der Waals surface area contributed by atoms with E-state index in [9.17, 15) is 9.59 Å². The number of nitrogens with zero attached hydrogens (tertiary/aromatic N) is 2. The molecule has 20 heavy (non-hydrogen) atoms. The average molecular weight is 312 g/mol. The molecule has 0 bridgehead atoms. The summed E-state index contributed by atoms with van der Waals surface area (Å²) in [6, 6.07) is 2.96. The Labute approximate surface area is 125 Å². The Morgan fingerprint density at radius 1 is 1.35 bits per heavy atom. The highest BCUT2D eigenvalue weighted by atomic mass is 35.5. The third-order valence-electron chi connectivity index (χ3n) is 3.52. The lowest BCUT2D eigenvalue weighted by Gasteiger charge is -2.32. The van der Waals surface area contributed by atoms with Gasteiger partial charge in [0.05, 0.1) is 22.2 Å². The van der Waals surface area contributed by atoms with Crippen molar-refractivity contribution in [3.63, 3.8) is 0 Å². The van der Waals surface area contributed by atoms with Gasteiger partial charge in [0.1, 0.15) is 11.9 Å². The summed E-state index contributed by atoms with van der Waals surface area (Å²) in [6.45, 7) is 2.22. The molecule has 1 atom stereocenters. The van der Waals surface area contributed by atoms with Crippen LogP contribution in [0.25, 0.3) is 0 Å². The first kappa shape index (κ1) is 13.4. The van der Waals surface area contributed by atoms with Gasteiger partial charge in [0, 0.05) is 12.1 Å². The molecule has 2 aliphatic rings. The standard InChI is InChI=1S/C13H11Cl2N3O2/c1-6-16-9-3-2-8(14)12(15)7(9)5-18(6)10-4-11(19)17-13(10)20/h2-3,10H,4-5H2,1H3,(H,17,19,20). The molecular formula is C13H11Cl2N3O2. The number of hydrogen-bond acceptors (Lipinski definition) is 4. The molecule has 1 fully saturated rings. The molecule has 5 nitrogen and oxygen atoms in total. The molecule has 0 saturated carbocycles. The fourth-order valence-electron chi connectivity index (χ4n) is 2.49. The Hall–Kier alpha value is -1.59. The van der Waals surface area contributed by atoms with Crippen molar-refractivity contribution in [3.05, 3.63) is 27.7 Å². The van der Waals surface area contributed by atoms with Gasteiger partial charge in [-0.05, 0) is 19.1 Å². The third-order valence-corrected chi connectivity index (χ3v) is 4.36. The van der Waals surface area contributed by atoms with Crippen molar-refractivity contribution in [3.8, 4) is 0 Å². The summed E-state index contributed by atoms with van der Waals surface area (Å²) < 4.78 is 0. The second-order valence-electron chi connectivity index (χ2n) is 4.78. The number of amidine groups is 1. The maximum absolute atomic E-state index is 11.8. The molecule has 2 heterocycles. The van der Waals surface area contributed by atoms with Gasteiger partial charge in [-0.3, -0.25) is 14.9 Å². The van der Waals surface area contributed by atoms with Crippen LogP contribution >= 0.6 is 23.2 Å². The number of rotatable bonds is 1. The summed E-state index contributed by atoms with van der Waals surface area (Å²) in [6.07, 6.45) is 0.138. The molecule has 104 valence electrons. The molecule has 1 unspecified atom stereocenters. The molecule has 0 spiro atoms. The van der Waals surface area contributed by atoms with Crippen LogP contribution in [0.15, 0.2) is 17.1 Å². The number of carbonyl (C=O) groups is 2. The number of carbonyl (C=O) groups excluding carboxylic acids is 2. The number of hydrogen-bond donors (Lipinski definition) is 1. The summed E-state index contributed by atoms with van der Waals surface area (Å²) in [4.78, 5) is 29.4. The highest BCUT2D eigenvalue weighted by molar-refractivity contribution is 6.42. The van der Waals surface area contributed by atoms with E-state index in [1.54, 1.807) is 17.0 Å². The van der Waals surface area contributed by atoms with Gasteiger partial charge in [-0.2, -0.15) is 0 Å². The molecule has 0 aliphatic carbocycles. The van der Waals surface area contributed by atoms with E-state index in [1.165, 1.54) is 0 Å².